The van der Waals surface area contributed by atoms with Crippen molar-refractivity contribution in [3.05, 3.63) is 0 Å². The number of nitrogens with zero attached hydrogens (tertiary/aromatic N) is 1. The number of amides is 3. The molecule has 7 nitrogen and oxygen atoms in total. The van der Waals surface area contributed by atoms with Crippen LogP contribution in [0.3, 0.4) is 0 Å². The summed E-state index contributed by atoms with van der Waals surface area (Å²) in [4.78, 5) is 37.7. The molecule has 7 heteroatoms. The molecule has 1 atom stereocenters. The number of primary amides is 1. The number of nitrogens with two attached hydrogens (primary N) is 2. The molecule has 1 heterocycles. The highest BCUT2D eigenvalue weighted by atomic mass is 16.2. The standard InChI is InChI=1S/C15H26N4O3/c16-12(20)10-19(13(21)11-6-5-9-18-11)14(22)15(17)7-3-1-2-4-8-15/h11,18H,1-10,17H2,(H2,16,20)/t11-/m0/s1. The molecule has 0 aromatic rings. The Labute approximate surface area is 130 Å². The van der Waals surface area contributed by atoms with Gasteiger partial charge in [0.15, 0.2) is 0 Å². The second-order valence-electron chi connectivity index (χ2n) is 6.42. The summed E-state index contributed by atoms with van der Waals surface area (Å²) in [7, 11) is 0. The van der Waals surface area contributed by atoms with Gasteiger partial charge in [-0.2, -0.15) is 0 Å². The largest absolute Gasteiger partial charge is 0.368 e. The van der Waals surface area contributed by atoms with Crippen LogP contribution in [0.25, 0.3) is 0 Å². The molecule has 0 aromatic heterocycles. The van der Waals surface area contributed by atoms with Crippen molar-refractivity contribution in [2.24, 2.45) is 11.5 Å². The Kier molecular flexibility index (Phi) is 5.52. The molecular weight excluding hydrogens is 284 g/mol. The van der Waals surface area contributed by atoms with Crippen molar-refractivity contribution in [3.63, 3.8) is 0 Å². The number of imide groups is 1. The molecule has 3 amide bonds. The third kappa shape index (κ3) is 3.84. The molecule has 2 rings (SSSR count). The predicted molar refractivity (Wildman–Crippen MR) is 81.6 cm³/mol. The number of hydrogen-bond acceptors (Lipinski definition) is 5. The highest BCUT2D eigenvalue weighted by Crippen LogP contribution is 2.27. The van der Waals surface area contributed by atoms with Crippen molar-refractivity contribution in [2.45, 2.75) is 62.9 Å². The normalized spacial score (nSPS) is 24.5. The van der Waals surface area contributed by atoms with E-state index >= 15 is 0 Å². The second-order valence-corrected chi connectivity index (χ2v) is 6.42. The summed E-state index contributed by atoms with van der Waals surface area (Å²) in [6.45, 7) is 0.345. The van der Waals surface area contributed by atoms with E-state index in [0.29, 0.717) is 19.3 Å². The van der Waals surface area contributed by atoms with Gasteiger partial charge in [0.25, 0.3) is 0 Å². The molecule has 1 saturated carbocycles. The van der Waals surface area contributed by atoms with Crippen molar-refractivity contribution < 1.29 is 14.4 Å². The van der Waals surface area contributed by atoms with Crippen molar-refractivity contribution in [2.75, 3.05) is 13.1 Å². The maximum atomic E-state index is 12.9. The third-order valence-corrected chi connectivity index (χ3v) is 4.61. The highest BCUT2D eigenvalue weighted by molar-refractivity contribution is 6.04. The van der Waals surface area contributed by atoms with E-state index < -0.39 is 29.9 Å². The van der Waals surface area contributed by atoms with E-state index in [1.54, 1.807) is 0 Å². The van der Waals surface area contributed by atoms with Gasteiger partial charge >= 0.3 is 0 Å². The van der Waals surface area contributed by atoms with E-state index in [-0.39, 0.29) is 5.91 Å². The molecule has 0 bridgehead atoms. The Morgan fingerprint density at radius 3 is 2.23 bits per heavy atom. The van der Waals surface area contributed by atoms with Crippen LogP contribution in [-0.4, -0.2) is 47.3 Å². The predicted octanol–water partition coefficient (Wildman–Crippen LogP) is -0.369. The van der Waals surface area contributed by atoms with Gasteiger partial charge in [0.2, 0.25) is 17.7 Å². The Hall–Kier alpha value is -1.47. The van der Waals surface area contributed by atoms with E-state index in [2.05, 4.69) is 5.32 Å². The molecule has 5 N–H and O–H groups in total. The smallest absolute Gasteiger partial charge is 0.249 e. The van der Waals surface area contributed by atoms with Gasteiger partial charge in [-0.15, -0.1) is 0 Å². The molecule has 124 valence electrons. The van der Waals surface area contributed by atoms with Gasteiger partial charge in [-0.05, 0) is 32.2 Å². The van der Waals surface area contributed by atoms with Gasteiger partial charge in [0, 0.05) is 0 Å². The van der Waals surface area contributed by atoms with Crippen molar-refractivity contribution in [1.29, 1.82) is 0 Å². The van der Waals surface area contributed by atoms with Gasteiger partial charge in [-0.1, -0.05) is 25.7 Å². The topological polar surface area (TPSA) is 119 Å². The van der Waals surface area contributed by atoms with Gasteiger partial charge in [-0.3, -0.25) is 19.3 Å². The first kappa shape index (κ1) is 16.9. The third-order valence-electron chi connectivity index (χ3n) is 4.61. The lowest BCUT2D eigenvalue weighted by atomic mass is 9.89. The summed E-state index contributed by atoms with van der Waals surface area (Å²) in [6.07, 6.45) is 6.45. The molecule has 22 heavy (non-hydrogen) atoms. The lowest BCUT2D eigenvalue weighted by Gasteiger charge is -2.33. The second kappa shape index (κ2) is 7.19. The summed E-state index contributed by atoms with van der Waals surface area (Å²) in [5.74, 6) is -1.53. The first-order chi connectivity index (χ1) is 10.4. The average Bonchev–Trinajstić information content (AvgIpc) is 2.92. The van der Waals surface area contributed by atoms with Crippen LogP contribution in [-0.2, 0) is 14.4 Å². The van der Waals surface area contributed by atoms with Crippen LogP contribution in [0.15, 0.2) is 0 Å². The summed E-state index contributed by atoms with van der Waals surface area (Å²) < 4.78 is 0. The fourth-order valence-electron chi connectivity index (χ4n) is 3.33. The van der Waals surface area contributed by atoms with Crippen LogP contribution in [0.2, 0.25) is 0 Å². The minimum atomic E-state index is -1.06. The van der Waals surface area contributed by atoms with Crippen LogP contribution in [0.4, 0.5) is 0 Å². The van der Waals surface area contributed by atoms with Crippen molar-refractivity contribution >= 4 is 17.7 Å². The minimum absolute atomic E-state index is 0.379. The molecule has 0 radical (unpaired) electrons. The van der Waals surface area contributed by atoms with Gasteiger partial charge in [-0.25, -0.2) is 0 Å². The highest BCUT2D eigenvalue weighted by Gasteiger charge is 2.42. The van der Waals surface area contributed by atoms with Crippen LogP contribution in [0.5, 0.6) is 0 Å². The zero-order valence-electron chi connectivity index (χ0n) is 13.0. The van der Waals surface area contributed by atoms with Gasteiger partial charge < -0.3 is 16.8 Å². The van der Waals surface area contributed by atoms with Crippen molar-refractivity contribution in [1.82, 2.24) is 10.2 Å². The number of rotatable bonds is 4. The van der Waals surface area contributed by atoms with Gasteiger partial charge in [0.05, 0.1) is 11.6 Å². The van der Waals surface area contributed by atoms with E-state index in [1.165, 1.54) is 0 Å². The Morgan fingerprint density at radius 2 is 1.73 bits per heavy atom. The quantitative estimate of drug-likeness (QED) is 0.483. The Morgan fingerprint density at radius 1 is 1.09 bits per heavy atom. The number of carbonyl (C=O) groups is 3. The summed E-state index contributed by atoms with van der Waals surface area (Å²) in [5, 5.41) is 3.06. The Balaban J connectivity index is 2.17. The molecular formula is C15H26N4O3. The molecule has 1 aliphatic carbocycles. The molecule has 0 aromatic carbocycles. The molecule has 0 unspecified atom stereocenters. The maximum absolute atomic E-state index is 12.9. The first-order valence-corrected chi connectivity index (χ1v) is 8.10. The molecule has 2 aliphatic rings. The summed E-state index contributed by atoms with van der Waals surface area (Å²) in [5.41, 5.74) is 10.5. The van der Waals surface area contributed by atoms with Crippen LogP contribution >= 0.6 is 0 Å². The zero-order chi connectivity index (χ0) is 16.2. The SMILES string of the molecule is NC(=O)CN(C(=O)[C@@H]1CCCN1)C(=O)C1(N)CCCCCC1. The molecule has 2 fully saturated rings. The monoisotopic (exact) mass is 310 g/mol. The lowest BCUT2D eigenvalue weighted by molar-refractivity contribution is -0.152. The first-order valence-electron chi connectivity index (χ1n) is 8.10. The average molecular weight is 310 g/mol. The lowest BCUT2D eigenvalue weighted by Crippen LogP contribution is -2.60. The number of carbonyl (C=O) groups excluding carboxylic acids is 3. The molecule has 1 saturated heterocycles. The fourth-order valence-corrected chi connectivity index (χ4v) is 3.33. The van der Waals surface area contributed by atoms with Crippen molar-refractivity contribution in [3.8, 4) is 0 Å². The Bertz CT molecular complexity index is 438. The van der Waals surface area contributed by atoms with Crippen LogP contribution < -0.4 is 16.8 Å². The van der Waals surface area contributed by atoms with E-state index in [0.717, 1.165) is 43.5 Å². The molecule has 0 spiro atoms. The molecule has 1 aliphatic heterocycles. The number of hydrogen-bond donors (Lipinski definition) is 3. The summed E-state index contributed by atoms with van der Waals surface area (Å²) in [6, 6.07) is -0.419. The van der Waals surface area contributed by atoms with Crippen LogP contribution in [0.1, 0.15) is 51.4 Å². The zero-order valence-corrected chi connectivity index (χ0v) is 13.0. The minimum Gasteiger partial charge on any atom is -0.368 e. The van der Waals surface area contributed by atoms with E-state index in [1.807, 2.05) is 0 Å². The maximum Gasteiger partial charge on any atom is 0.249 e. The number of nitrogens with one attached hydrogen (secondary N) is 1. The van der Waals surface area contributed by atoms with E-state index in [9.17, 15) is 14.4 Å². The fraction of sp³-hybridized carbons (Fsp3) is 0.800. The van der Waals surface area contributed by atoms with Crippen LogP contribution in [0, 0.1) is 0 Å². The van der Waals surface area contributed by atoms with Gasteiger partial charge in [0.1, 0.15) is 6.54 Å². The van der Waals surface area contributed by atoms with E-state index in [4.69, 9.17) is 11.5 Å². The summed E-state index contributed by atoms with van der Waals surface area (Å²) >= 11 is 0.